The highest BCUT2D eigenvalue weighted by Crippen LogP contribution is 2.32. The van der Waals surface area contributed by atoms with E-state index in [1.165, 1.54) is 17.0 Å². The third-order valence-electron chi connectivity index (χ3n) is 5.16. The number of amides is 1. The number of aromatic hydroxyl groups is 2. The van der Waals surface area contributed by atoms with E-state index in [0.29, 0.717) is 24.4 Å². The van der Waals surface area contributed by atoms with Crippen LogP contribution in [0.1, 0.15) is 67.1 Å². The zero-order valence-corrected chi connectivity index (χ0v) is 19.5. The van der Waals surface area contributed by atoms with Gasteiger partial charge in [-0.3, -0.25) is 9.59 Å². The highest BCUT2D eigenvalue weighted by molar-refractivity contribution is 5.97. The van der Waals surface area contributed by atoms with Crippen molar-refractivity contribution in [2.45, 2.75) is 59.2 Å². The number of hydrogen-bond donors (Lipinski definition) is 3. The molecule has 7 nitrogen and oxygen atoms in total. The molecule has 0 bridgehead atoms. The van der Waals surface area contributed by atoms with E-state index in [2.05, 4.69) is 0 Å². The molecule has 1 atom stereocenters. The lowest BCUT2D eigenvalue weighted by Gasteiger charge is -2.20. The number of phenolic OH excluding ortho intramolecular Hbond substituents is 2. The molecule has 32 heavy (non-hydrogen) atoms. The van der Waals surface area contributed by atoms with Gasteiger partial charge in [0.1, 0.15) is 24.1 Å². The maximum Gasteiger partial charge on any atom is 0.323 e. The van der Waals surface area contributed by atoms with E-state index in [1.807, 2.05) is 52.0 Å². The van der Waals surface area contributed by atoms with Crippen LogP contribution >= 0.6 is 0 Å². The predicted octanol–water partition coefficient (Wildman–Crippen LogP) is 3.91. The Kier molecular flexibility index (Phi) is 8.66. The number of nitrogens with two attached hydrogens (primary N) is 1. The molecule has 0 fully saturated rings. The zero-order valence-electron chi connectivity index (χ0n) is 19.5. The average Bonchev–Trinajstić information content (AvgIpc) is 2.71. The maximum absolute atomic E-state index is 12.9. The fourth-order valence-corrected chi connectivity index (χ4v) is 3.46. The minimum atomic E-state index is -0.643. The zero-order chi connectivity index (χ0) is 24.0. The molecule has 4 N–H and O–H groups in total. The summed E-state index contributed by atoms with van der Waals surface area (Å²) in [6.07, 6.45) is 0.564. The van der Waals surface area contributed by atoms with Gasteiger partial charge in [-0.05, 0) is 41.0 Å². The van der Waals surface area contributed by atoms with Gasteiger partial charge in [0, 0.05) is 19.7 Å². The molecular weight excluding hydrogens is 408 g/mol. The molecule has 0 unspecified atom stereocenters. The molecule has 2 rings (SSSR count). The molecular formula is C25H34N2O5. The minimum absolute atomic E-state index is 0.000467. The first kappa shape index (κ1) is 25.2. The van der Waals surface area contributed by atoms with Crippen LogP contribution in [0.3, 0.4) is 0 Å². The fourth-order valence-electron chi connectivity index (χ4n) is 3.46. The van der Waals surface area contributed by atoms with Crippen LogP contribution in [-0.4, -0.2) is 40.1 Å². The summed E-state index contributed by atoms with van der Waals surface area (Å²) in [6, 6.07) is 9.50. The molecule has 0 heterocycles. The van der Waals surface area contributed by atoms with Gasteiger partial charge in [-0.25, -0.2) is 0 Å². The van der Waals surface area contributed by atoms with Gasteiger partial charge >= 0.3 is 5.97 Å². The van der Waals surface area contributed by atoms with E-state index < -0.39 is 12.0 Å². The maximum atomic E-state index is 12.9. The van der Waals surface area contributed by atoms with Gasteiger partial charge in [0.15, 0.2) is 0 Å². The number of nitrogens with zero attached hydrogens (tertiary/aromatic N) is 1. The number of esters is 1. The Hall–Kier alpha value is -3.06. The molecule has 1 amide bonds. The molecule has 0 aliphatic heterocycles. The van der Waals surface area contributed by atoms with Crippen molar-refractivity contribution >= 4 is 11.9 Å². The highest BCUT2D eigenvalue weighted by Gasteiger charge is 2.20. The van der Waals surface area contributed by atoms with Crippen molar-refractivity contribution in [3.05, 3.63) is 58.7 Å². The molecule has 0 radical (unpaired) electrons. The van der Waals surface area contributed by atoms with Crippen LogP contribution in [0.25, 0.3) is 0 Å². The van der Waals surface area contributed by atoms with Crippen molar-refractivity contribution in [1.82, 2.24) is 4.90 Å². The normalized spacial score (nSPS) is 12.1. The number of carbonyl (C=O) groups is 2. The summed E-state index contributed by atoms with van der Waals surface area (Å²) in [5.74, 6) is -0.783. The van der Waals surface area contributed by atoms with E-state index in [4.69, 9.17) is 10.5 Å². The topological polar surface area (TPSA) is 113 Å². The Balaban J connectivity index is 2.06. The van der Waals surface area contributed by atoms with Crippen LogP contribution in [0.4, 0.5) is 0 Å². The van der Waals surface area contributed by atoms with Gasteiger partial charge in [-0.1, -0.05) is 52.0 Å². The quantitative estimate of drug-likeness (QED) is 0.508. The Labute approximate surface area is 189 Å². The molecule has 174 valence electrons. The van der Waals surface area contributed by atoms with Gasteiger partial charge in [0.05, 0.1) is 5.56 Å². The van der Waals surface area contributed by atoms with Crippen molar-refractivity contribution < 1.29 is 24.5 Å². The summed E-state index contributed by atoms with van der Waals surface area (Å²) in [7, 11) is 1.64. The number of rotatable bonds is 9. The average molecular weight is 443 g/mol. The van der Waals surface area contributed by atoms with Crippen molar-refractivity contribution in [1.29, 1.82) is 0 Å². The van der Waals surface area contributed by atoms with E-state index in [1.54, 1.807) is 7.05 Å². The highest BCUT2D eigenvalue weighted by atomic mass is 16.5. The monoisotopic (exact) mass is 442 g/mol. The van der Waals surface area contributed by atoms with E-state index in [-0.39, 0.29) is 35.5 Å². The summed E-state index contributed by atoms with van der Waals surface area (Å²) in [5.41, 5.74) is 8.24. The molecule has 0 saturated carbocycles. The lowest BCUT2D eigenvalue weighted by Crippen LogP contribution is -2.33. The minimum Gasteiger partial charge on any atom is -0.508 e. The molecule has 0 spiro atoms. The summed E-state index contributed by atoms with van der Waals surface area (Å²) in [6.45, 7) is 8.19. The summed E-state index contributed by atoms with van der Waals surface area (Å²) < 4.78 is 5.33. The summed E-state index contributed by atoms with van der Waals surface area (Å²) in [5, 5.41) is 20.2. The Morgan fingerprint density at radius 1 is 1.03 bits per heavy atom. The molecule has 2 aromatic rings. The Morgan fingerprint density at radius 3 is 2.31 bits per heavy atom. The van der Waals surface area contributed by atoms with Crippen LogP contribution in [0.2, 0.25) is 0 Å². The smallest absolute Gasteiger partial charge is 0.323 e. The van der Waals surface area contributed by atoms with Gasteiger partial charge in [-0.2, -0.15) is 0 Å². The second-order valence-corrected chi connectivity index (χ2v) is 8.91. The number of hydrogen-bond acceptors (Lipinski definition) is 6. The standard InChI is InChI=1S/C25H34N2O5/c1-15(2)9-21(26)25(31)32-14-18-8-6-7-17(10-18)13-27(5)24(30)20-11-19(16(3)4)22(28)12-23(20)29/h6-8,10-12,15-16,21,28-29H,9,13-14,26H2,1-5H3/t21-/m0/s1. The summed E-state index contributed by atoms with van der Waals surface area (Å²) >= 11 is 0. The fraction of sp³-hybridized carbons (Fsp3) is 0.440. The third kappa shape index (κ3) is 6.72. The lowest BCUT2D eigenvalue weighted by atomic mass is 9.98. The first-order valence-corrected chi connectivity index (χ1v) is 10.8. The van der Waals surface area contributed by atoms with E-state index in [0.717, 1.165) is 11.1 Å². The first-order valence-electron chi connectivity index (χ1n) is 10.8. The number of benzene rings is 2. The van der Waals surface area contributed by atoms with Crippen molar-refractivity contribution in [2.75, 3.05) is 7.05 Å². The van der Waals surface area contributed by atoms with Crippen molar-refractivity contribution in [3.8, 4) is 11.5 Å². The van der Waals surface area contributed by atoms with Crippen molar-refractivity contribution in [2.24, 2.45) is 11.7 Å². The number of ether oxygens (including phenoxy) is 1. The van der Waals surface area contributed by atoms with E-state index in [9.17, 15) is 19.8 Å². The first-order chi connectivity index (χ1) is 15.0. The molecule has 0 aromatic heterocycles. The van der Waals surface area contributed by atoms with Crippen molar-refractivity contribution in [3.63, 3.8) is 0 Å². The Morgan fingerprint density at radius 2 is 1.69 bits per heavy atom. The molecule has 0 aliphatic rings. The largest absolute Gasteiger partial charge is 0.508 e. The van der Waals surface area contributed by atoms with Crippen LogP contribution < -0.4 is 5.73 Å². The van der Waals surface area contributed by atoms with Crippen LogP contribution in [-0.2, 0) is 22.7 Å². The van der Waals surface area contributed by atoms with E-state index >= 15 is 0 Å². The molecule has 0 aliphatic carbocycles. The lowest BCUT2D eigenvalue weighted by molar-refractivity contribution is -0.146. The molecule has 0 saturated heterocycles. The third-order valence-corrected chi connectivity index (χ3v) is 5.16. The SMILES string of the molecule is CC(C)C[C@H](N)C(=O)OCc1cccc(CN(C)C(=O)c2cc(C(C)C)c(O)cc2O)c1. The molecule has 2 aromatic carbocycles. The van der Waals surface area contributed by atoms with Crippen LogP contribution in [0, 0.1) is 5.92 Å². The van der Waals surface area contributed by atoms with Gasteiger partial charge in [0.25, 0.3) is 5.91 Å². The summed E-state index contributed by atoms with van der Waals surface area (Å²) in [4.78, 5) is 26.5. The predicted molar refractivity (Wildman–Crippen MR) is 123 cm³/mol. The van der Waals surface area contributed by atoms with Gasteiger partial charge in [0.2, 0.25) is 0 Å². The van der Waals surface area contributed by atoms with Crippen LogP contribution in [0.15, 0.2) is 36.4 Å². The number of carbonyl (C=O) groups excluding carboxylic acids is 2. The van der Waals surface area contributed by atoms with Gasteiger partial charge < -0.3 is 25.6 Å². The second-order valence-electron chi connectivity index (χ2n) is 8.91. The van der Waals surface area contributed by atoms with Gasteiger partial charge in [-0.15, -0.1) is 0 Å². The Bertz CT molecular complexity index is 955. The number of phenols is 2. The molecule has 7 heteroatoms. The van der Waals surface area contributed by atoms with Crippen LogP contribution in [0.5, 0.6) is 11.5 Å². The second kappa shape index (κ2) is 11.0.